The Hall–Kier alpha value is -3.22. The molecule has 1 spiro atoms. The third kappa shape index (κ3) is 2.97. The maximum absolute atomic E-state index is 13.0. The first-order chi connectivity index (χ1) is 14.1. The van der Waals surface area contributed by atoms with Crippen molar-refractivity contribution in [2.24, 2.45) is 0 Å². The van der Waals surface area contributed by atoms with E-state index in [2.05, 4.69) is 15.0 Å². The second-order valence-electron chi connectivity index (χ2n) is 8.07. The number of nitrogens with one attached hydrogen (secondary N) is 1. The number of hydrogen-bond donors (Lipinski definition) is 1. The minimum Gasteiger partial charge on any atom is -0.339 e. The summed E-state index contributed by atoms with van der Waals surface area (Å²) in [5.41, 5.74) is 3.42. The van der Waals surface area contributed by atoms with Crippen molar-refractivity contribution in [3.63, 3.8) is 0 Å². The number of likely N-dealkylation sites (tertiary alicyclic amines) is 1. The Labute approximate surface area is 168 Å². The van der Waals surface area contributed by atoms with Crippen LogP contribution in [0.25, 0.3) is 5.69 Å². The molecule has 0 bridgehead atoms. The minimum absolute atomic E-state index is 0.000799. The first-order valence-electron chi connectivity index (χ1n) is 10.0. The average Bonchev–Trinajstić information content (AvgIpc) is 3.38. The number of imidazole rings is 1. The van der Waals surface area contributed by atoms with E-state index in [0.717, 1.165) is 42.6 Å². The van der Waals surface area contributed by atoms with E-state index in [1.807, 2.05) is 46.9 Å². The number of benzene rings is 1. The number of fused-ring (bicyclic) bond motifs is 2. The van der Waals surface area contributed by atoms with Crippen molar-refractivity contribution in [2.75, 3.05) is 13.1 Å². The van der Waals surface area contributed by atoms with Crippen molar-refractivity contribution in [3.8, 4) is 5.69 Å². The van der Waals surface area contributed by atoms with E-state index >= 15 is 0 Å². The molecule has 1 fully saturated rings. The molecule has 2 aliphatic rings. The van der Waals surface area contributed by atoms with Gasteiger partial charge in [0.1, 0.15) is 5.82 Å². The Morgan fingerprint density at radius 2 is 1.90 bits per heavy atom. The number of hydrogen-bond acceptors (Lipinski definition) is 4. The van der Waals surface area contributed by atoms with Crippen molar-refractivity contribution in [1.29, 1.82) is 0 Å². The van der Waals surface area contributed by atoms with Crippen LogP contribution in [0.15, 0.2) is 47.8 Å². The normalized spacial score (nSPS) is 17.5. The zero-order chi connectivity index (χ0) is 20.0. The highest BCUT2D eigenvalue weighted by atomic mass is 16.2. The largest absolute Gasteiger partial charge is 0.339 e. The van der Waals surface area contributed by atoms with Gasteiger partial charge in [0, 0.05) is 47.7 Å². The number of aryl methyl sites for hydroxylation is 1. The molecule has 0 radical (unpaired) electrons. The summed E-state index contributed by atoms with van der Waals surface area (Å²) in [4.78, 5) is 38.7. The quantitative estimate of drug-likeness (QED) is 0.729. The SMILES string of the molecule is Cc1nc2c(c(=O)[nH]1)CCC21CCN(C(=O)c2ccc(-n3ccnc3)cc2)CC1. The van der Waals surface area contributed by atoms with Gasteiger partial charge in [0.25, 0.3) is 11.5 Å². The fourth-order valence-electron chi connectivity index (χ4n) is 4.76. The number of nitrogens with zero attached hydrogens (tertiary/aromatic N) is 4. The van der Waals surface area contributed by atoms with Crippen molar-refractivity contribution in [3.05, 3.63) is 76.0 Å². The maximum Gasteiger partial charge on any atom is 0.254 e. The van der Waals surface area contributed by atoms with E-state index in [1.165, 1.54) is 0 Å². The molecular formula is C22H23N5O2. The van der Waals surface area contributed by atoms with E-state index in [4.69, 9.17) is 0 Å². The van der Waals surface area contributed by atoms with Gasteiger partial charge in [-0.05, 0) is 56.9 Å². The lowest BCUT2D eigenvalue weighted by molar-refractivity contribution is 0.0663. The Bertz CT molecular complexity index is 1110. The van der Waals surface area contributed by atoms with Gasteiger partial charge in [0.05, 0.1) is 12.0 Å². The fraction of sp³-hybridized carbons (Fsp3) is 0.364. The molecule has 0 saturated carbocycles. The number of piperidine rings is 1. The van der Waals surface area contributed by atoms with E-state index in [9.17, 15) is 9.59 Å². The molecule has 1 N–H and O–H groups in total. The van der Waals surface area contributed by atoms with Crippen LogP contribution in [-0.4, -0.2) is 43.4 Å². The van der Waals surface area contributed by atoms with Crippen LogP contribution in [0.2, 0.25) is 0 Å². The maximum atomic E-state index is 13.0. The summed E-state index contributed by atoms with van der Waals surface area (Å²) in [6.07, 6.45) is 8.78. The van der Waals surface area contributed by atoms with Gasteiger partial charge >= 0.3 is 0 Å². The molecule has 1 aliphatic heterocycles. The molecule has 3 heterocycles. The van der Waals surface area contributed by atoms with Crippen molar-refractivity contribution < 1.29 is 4.79 Å². The van der Waals surface area contributed by atoms with Gasteiger partial charge < -0.3 is 14.5 Å². The van der Waals surface area contributed by atoms with Crippen LogP contribution in [0.4, 0.5) is 0 Å². The lowest BCUT2D eigenvalue weighted by Crippen LogP contribution is -2.44. The lowest BCUT2D eigenvalue weighted by atomic mass is 9.76. The van der Waals surface area contributed by atoms with Gasteiger partial charge in [0.2, 0.25) is 0 Å². The molecule has 148 valence electrons. The zero-order valence-corrected chi connectivity index (χ0v) is 16.4. The number of aromatic amines is 1. The topological polar surface area (TPSA) is 83.9 Å². The summed E-state index contributed by atoms with van der Waals surface area (Å²) in [5.74, 6) is 0.733. The van der Waals surface area contributed by atoms with Crippen LogP contribution >= 0.6 is 0 Å². The molecule has 2 aromatic heterocycles. The Kier molecular flexibility index (Phi) is 4.12. The molecule has 29 heavy (non-hydrogen) atoms. The molecule has 1 aliphatic carbocycles. The summed E-state index contributed by atoms with van der Waals surface area (Å²) in [6, 6.07) is 7.62. The monoisotopic (exact) mass is 389 g/mol. The summed E-state index contributed by atoms with van der Waals surface area (Å²) >= 11 is 0. The minimum atomic E-state index is -0.0591. The third-order valence-electron chi connectivity index (χ3n) is 6.41. The van der Waals surface area contributed by atoms with Gasteiger partial charge in [0.15, 0.2) is 0 Å². The molecule has 1 aromatic carbocycles. The summed E-state index contributed by atoms with van der Waals surface area (Å²) in [6.45, 7) is 3.21. The van der Waals surface area contributed by atoms with Gasteiger partial charge in [-0.25, -0.2) is 9.97 Å². The van der Waals surface area contributed by atoms with E-state index in [-0.39, 0.29) is 16.9 Å². The van der Waals surface area contributed by atoms with Crippen LogP contribution < -0.4 is 5.56 Å². The predicted octanol–water partition coefficient (Wildman–Crippen LogP) is 2.38. The summed E-state index contributed by atoms with van der Waals surface area (Å²) in [7, 11) is 0. The van der Waals surface area contributed by atoms with Crippen molar-refractivity contribution in [1.82, 2.24) is 24.4 Å². The number of amides is 1. The highest BCUT2D eigenvalue weighted by Gasteiger charge is 2.44. The summed E-state index contributed by atoms with van der Waals surface area (Å²) in [5, 5.41) is 0. The average molecular weight is 389 g/mol. The van der Waals surface area contributed by atoms with Gasteiger partial charge in [-0.1, -0.05) is 0 Å². The number of H-pyrrole nitrogens is 1. The van der Waals surface area contributed by atoms with Crippen LogP contribution in [0.3, 0.4) is 0 Å². The second kappa shape index (κ2) is 6.69. The Balaban J connectivity index is 1.32. The first kappa shape index (κ1) is 17.8. The Morgan fingerprint density at radius 1 is 1.14 bits per heavy atom. The van der Waals surface area contributed by atoms with Crippen molar-refractivity contribution in [2.45, 2.75) is 38.0 Å². The zero-order valence-electron chi connectivity index (χ0n) is 16.4. The van der Waals surface area contributed by atoms with Gasteiger partial charge in [-0.2, -0.15) is 0 Å². The molecule has 1 saturated heterocycles. The molecule has 5 rings (SSSR count). The smallest absolute Gasteiger partial charge is 0.254 e. The molecule has 7 heteroatoms. The number of carbonyl (C=O) groups is 1. The second-order valence-corrected chi connectivity index (χ2v) is 8.07. The fourth-order valence-corrected chi connectivity index (χ4v) is 4.76. The molecule has 0 unspecified atom stereocenters. The van der Waals surface area contributed by atoms with Crippen LogP contribution in [-0.2, 0) is 11.8 Å². The van der Waals surface area contributed by atoms with Crippen molar-refractivity contribution >= 4 is 5.91 Å². The number of carbonyl (C=O) groups excluding carboxylic acids is 1. The molecule has 1 amide bonds. The molecular weight excluding hydrogens is 366 g/mol. The molecule has 0 atom stereocenters. The standard InChI is InChI=1S/C22H23N5O2/c1-15-24-19-18(20(28)25-15)6-7-22(19)8-11-26(12-9-22)21(29)16-2-4-17(5-3-16)27-13-10-23-14-27/h2-5,10,13-14H,6-9,11-12H2,1H3,(H,24,25,28). The van der Waals surface area contributed by atoms with E-state index < -0.39 is 0 Å². The van der Waals surface area contributed by atoms with Gasteiger partial charge in [-0.15, -0.1) is 0 Å². The summed E-state index contributed by atoms with van der Waals surface area (Å²) < 4.78 is 1.91. The third-order valence-corrected chi connectivity index (χ3v) is 6.41. The van der Waals surface area contributed by atoms with Crippen LogP contribution in [0.5, 0.6) is 0 Å². The van der Waals surface area contributed by atoms with Gasteiger partial charge in [-0.3, -0.25) is 9.59 Å². The lowest BCUT2D eigenvalue weighted by Gasteiger charge is -2.39. The van der Waals surface area contributed by atoms with E-state index in [1.54, 1.807) is 12.5 Å². The van der Waals surface area contributed by atoms with Crippen LogP contribution in [0.1, 0.15) is 46.7 Å². The predicted molar refractivity (Wildman–Crippen MR) is 108 cm³/mol. The highest BCUT2D eigenvalue weighted by molar-refractivity contribution is 5.94. The van der Waals surface area contributed by atoms with Crippen LogP contribution in [0, 0.1) is 6.92 Å². The Morgan fingerprint density at radius 3 is 2.59 bits per heavy atom. The first-order valence-corrected chi connectivity index (χ1v) is 10.0. The number of rotatable bonds is 2. The molecule has 7 nitrogen and oxygen atoms in total. The molecule has 3 aromatic rings. The van der Waals surface area contributed by atoms with E-state index in [0.29, 0.717) is 24.5 Å². The highest BCUT2D eigenvalue weighted by Crippen LogP contribution is 2.44. The number of aromatic nitrogens is 4.